The van der Waals surface area contributed by atoms with Crippen LogP contribution in [-0.4, -0.2) is 36.0 Å². The van der Waals surface area contributed by atoms with Gasteiger partial charge < -0.3 is 20.1 Å². The van der Waals surface area contributed by atoms with Crippen molar-refractivity contribution in [3.63, 3.8) is 0 Å². The summed E-state index contributed by atoms with van der Waals surface area (Å²) in [6.45, 7) is 0.929. The fourth-order valence-electron chi connectivity index (χ4n) is 3.16. The number of aromatic nitrogens is 2. The Kier molecular flexibility index (Phi) is 8.42. The van der Waals surface area contributed by atoms with Crippen LogP contribution < -0.4 is 20.1 Å². The molecule has 1 aromatic heterocycles. The molecule has 0 amide bonds. The minimum atomic E-state index is -2.91. The second-order valence-electron chi connectivity index (χ2n) is 6.84. The normalized spacial score (nSPS) is 11.5. The molecule has 0 aliphatic rings. The van der Waals surface area contributed by atoms with Crippen LogP contribution >= 0.6 is 0 Å². The summed E-state index contributed by atoms with van der Waals surface area (Å²) in [5, 5.41) is 10.8. The highest BCUT2D eigenvalue weighted by molar-refractivity contribution is 5.79. The zero-order valence-electron chi connectivity index (χ0n) is 18.1. The van der Waals surface area contributed by atoms with Crippen molar-refractivity contribution in [3.05, 3.63) is 77.6 Å². The van der Waals surface area contributed by atoms with Crippen LogP contribution in [0.3, 0.4) is 0 Å². The molecular formula is C23H27F2N5O2. The van der Waals surface area contributed by atoms with Gasteiger partial charge >= 0.3 is 6.61 Å². The average molecular weight is 443 g/mol. The van der Waals surface area contributed by atoms with E-state index in [0.717, 1.165) is 16.7 Å². The first-order valence-electron chi connectivity index (χ1n) is 10.3. The van der Waals surface area contributed by atoms with Crippen molar-refractivity contribution in [2.45, 2.75) is 33.2 Å². The standard InChI is InChI=1S/C23H27F2N5O2/c1-3-31-21-13-17(9-10-20(21)32-22(24)25)14-27-23(26-2)28-15-18-7-4-5-8-19(18)16-30-12-6-11-29-30/h4-13,22H,3,14-16H2,1-2H3,(H2,26,27,28). The van der Waals surface area contributed by atoms with E-state index in [1.165, 1.54) is 6.07 Å². The Morgan fingerprint density at radius 1 is 1.06 bits per heavy atom. The highest BCUT2D eigenvalue weighted by Crippen LogP contribution is 2.29. The number of hydrogen-bond acceptors (Lipinski definition) is 4. The SMILES string of the molecule is CCOc1cc(CNC(=NC)NCc2ccccc2Cn2cccn2)ccc1OC(F)F. The summed E-state index contributed by atoms with van der Waals surface area (Å²) in [6, 6.07) is 14.9. The van der Waals surface area contributed by atoms with Gasteiger partial charge in [-0.05, 0) is 41.8 Å². The Morgan fingerprint density at radius 3 is 2.53 bits per heavy atom. The number of aliphatic imine (C=N–C) groups is 1. The molecule has 0 bridgehead atoms. The molecule has 0 saturated heterocycles. The van der Waals surface area contributed by atoms with E-state index in [-0.39, 0.29) is 11.5 Å². The summed E-state index contributed by atoms with van der Waals surface area (Å²) in [6.07, 6.45) is 3.69. The number of ether oxygens (including phenoxy) is 2. The third-order valence-corrected chi connectivity index (χ3v) is 4.66. The fourth-order valence-corrected chi connectivity index (χ4v) is 3.16. The second-order valence-corrected chi connectivity index (χ2v) is 6.84. The smallest absolute Gasteiger partial charge is 0.387 e. The molecule has 9 heteroatoms. The van der Waals surface area contributed by atoms with Gasteiger partial charge in [-0.1, -0.05) is 30.3 Å². The molecule has 2 N–H and O–H groups in total. The van der Waals surface area contributed by atoms with Crippen LogP contribution in [0.25, 0.3) is 0 Å². The highest BCUT2D eigenvalue weighted by atomic mass is 19.3. The van der Waals surface area contributed by atoms with Crippen molar-refractivity contribution in [3.8, 4) is 11.5 Å². The van der Waals surface area contributed by atoms with E-state index < -0.39 is 6.61 Å². The van der Waals surface area contributed by atoms with Crippen LogP contribution in [0.5, 0.6) is 11.5 Å². The Labute approximate surface area is 186 Å². The van der Waals surface area contributed by atoms with Crippen molar-refractivity contribution >= 4 is 5.96 Å². The lowest BCUT2D eigenvalue weighted by atomic mass is 10.1. The molecule has 3 aromatic rings. The predicted octanol–water partition coefficient (Wildman–Crippen LogP) is 3.80. The summed E-state index contributed by atoms with van der Waals surface area (Å²) in [4.78, 5) is 4.26. The summed E-state index contributed by atoms with van der Waals surface area (Å²) >= 11 is 0. The second kappa shape index (κ2) is 11.7. The number of nitrogens with one attached hydrogen (secondary N) is 2. The van der Waals surface area contributed by atoms with Gasteiger partial charge in [-0.3, -0.25) is 9.67 Å². The predicted molar refractivity (Wildman–Crippen MR) is 119 cm³/mol. The van der Waals surface area contributed by atoms with Gasteiger partial charge in [-0.25, -0.2) is 0 Å². The Balaban J connectivity index is 1.59. The first-order valence-corrected chi connectivity index (χ1v) is 10.3. The first kappa shape index (κ1) is 23.1. The highest BCUT2D eigenvalue weighted by Gasteiger charge is 2.12. The first-order chi connectivity index (χ1) is 15.6. The van der Waals surface area contributed by atoms with E-state index in [9.17, 15) is 8.78 Å². The molecule has 2 aromatic carbocycles. The Hall–Kier alpha value is -3.62. The molecular weight excluding hydrogens is 416 g/mol. The van der Waals surface area contributed by atoms with Gasteiger partial charge in [0.25, 0.3) is 0 Å². The zero-order chi connectivity index (χ0) is 22.8. The van der Waals surface area contributed by atoms with Crippen LogP contribution in [0.15, 0.2) is 65.9 Å². The van der Waals surface area contributed by atoms with Crippen LogP contribution in [0.4, 0.5) is 8.78 Å². The van der Waals surface area contributed by atoms with Gasteiger partial charge in [0.15, 0.2) is 17.5 Å². The molecule has 0 fully saturated rings. The maximum atomic E-state index is 12.6. The monoisotopic (exact) mass is 443 g/mol. The number of guanidine groups is 1. The lowest BCUT2D eigenvalue weighted by Crippen LogP contribution is -2.36. The average Bonchev–Trinajstić information content (AvgIpc) is 3.29. The Bertz CT molecular complexity index is 1010. The molecule has 32 heavy (non-hydrogen) atoms. The van der Waals surface area contributed by atoms with Gasteiger partial charge in [-0.2, -0.15) is 13.9 Å². The molecule has 0 spiro atoms. The lowest BCUT2D eigenvalue weighted by Gasteiger charge is -2.16. The van der Waals surface area contributed by atoms with Gasteiger partial charge in [0.05, 0.1) is 13.2 Å². The quantitative estimate of drug-likeness (QED) is 0.368. The summed E-state index contributed by atoms with van der Waals surface area (Å²) < 4.78 is 37.0. The number of halogens is 2. The van der Waals surface area contributed by atoms with E-state index in [2.05, 4.69) is 37.6 Å². The molecule has 170 valence electrons. The lowest BCUT2D eigenvalue weighted by molar-refractivity contribution is -0.0514. The van der Waals surface area contributed by atoms with Gasteiger partial charge in [-0.15, -0.1) is 0 Å². The number of rotatable bonds is 10. The van der Waals surface area contributed by atoms with E-state index in [1.807, 2.05) is 29.1 Å². The molecule has 3 rings (SSSR count). The number of nitrogens with zero attached hydrogens (tertiary/aromatic N) is 3. The number of benzene rings is 2. The number of hydrogen-bond donors (Lipinski definition) is 2. The minimum Gasteiger partial charge on any atom is -0.490 e. The van der Waals surface area contributed by atoms with Crippen molar-refractivity contribution < 1.29 is 18.3 Å². The number of alkyl halides is 2. The summed E-state index contributed by atoms with van der Waals surface area (Å²) in [7, 11) is 1.69. The van der Waals surface area contributed by atoms with E-state index in [0.29, 0.717) is 32.2 Å². The fraction of sp³-hybridized carbons (Fsp3) is 0.304. The summed E-state index contributed by atoms with van der Waals surface area (Å²) in [5.74, 6) is 0.911. The molecule has 0 aliphatic heterocycles. The van der Waals surface area contributed by atoms with Gasteiger partial charge in [0.1, 0.15) is 0 Å². The van der Waals surface area contributed by atoms with Crippen LogP contribution in [0, 0.1) is 0 Å². The third kappa shape index (κ3) is 6.69. The van der Waals surface area contributed by atoms with Crippen molar-refractivity contribution in [2.75, 3.05) is 13.7 Å². The minimum absolute atomic E-state index is 0.0156. The van der Waals surface area contributed by atoms with Crippen LogP contribution in [0.2, 0.25) is 0 Å². The maximum absolute atomic E-state index is 12.6. The third-order valence-electron chi connectivity index (χ3n) is 4.66. The van der Waals surface area contributed by atoms with Crippen molar-refractivity contribution in [1.29, 1.82) is 0 Å². The topological polar surface area (TPSA) is 72.7 Å². The van der Waals surface area contributed by atoms with E-state index >= 15 is 0 Å². The Morgan fingerprint density at radius 2 is 1.84 bits per heavy atom. The van der Waals surface area contributed by atoms with Gasteiger partial charge in [0, 0.05) is 32.5 Å². The molecule has 0 saturated carbocycles. The molecule has 0 unspecified atom stereocenters. The van der Waals surface area contributed by atoms with Crippen LogP contribution in [0.1, 0.15) is 23.6 Å². The van der Waals surface area contributed by atoms with Gasteiger partial charge in [0.2, 0.25) is 0 Å². The molecule has 0 aliphatic carbocycles. The van der Waals surface area contributed by atoms with Crippen molar-refractivity contribution in [1.82, 2.24) is 20.4 Å². The molecule has 0 radical (unpaired) electrons. The molecule has 1 heterocycles. The zero-order valence-corrected chi connectivity index (χ0v) is 18.1. The van der Waals surface area contributed by atoms with E-state index in [1.54, 1.807) is 32.3 Å². The van der Waals surface area contributed by atoms with E-state index in [4.69, 9.17) is 4.74 Å². The molecule has 0 atom stereocenters. The van der Waals surface area contributed by atoms with Crippen LogP contribution in [-0.2, 0) is 19.6 Å². The maximum Gasteiger partial charge on any atom is 0.387 e. The largest absolute Gasteiger partial charge is 0.490 e. The van der Waals surface area contributed by atoms with Crippen molar-refractivity contribution in [2.24, 2.45) is 4.99 Å². The summed E-state index contributed by atoms with van der Waals surface area (Å²) in [5.41, 5.74) is 3.14. The molecule has 7 nitrogen and oxygen atoms in total.